The van der Waals surface area contributed by atoms with Gasteiger partial charge in [-0.2, -0.15) is 0 Å². The molecule has 0 aliphatic rings. The van der Waals surface area contributed by atoms with E-state index in [1.165, 1.54) is 0 Å². The lowest BCUT2D eigenvalue weighted by atomic mass is 10.3. The van der Waals surface area contributed by atoms with E-state index in [0.29, 0.717) is 0 Å². The Morgan fingerprint density at radius 1 is 1.40 bits per heavy atom. The van der Waals surface area contributed by atoms with Crippen LogP contribution in [0.3, 0.4) is 0 Å². The number of rotatable bonds is 5. The summed E-state index contributed by atoms with van der Waals surface area (Å²) in [6.07, 6.45) is 2.22. The highest BCUT2D eigenvalue weighted by molar-refractivity contribution is 7.80. The smallest absolute Gasteiger partial charge is 0.168 e. The molecular weight excluding hydrogens is 208 g/mol. The molecule has 0 amide bonds. The number of benzene rings is 1. The van der Waals surface area contributed by atoms with Gasteiger partial charge in [0.1, 0.15) is 5.75 Å². The second-order valence-corrected chi connectivity index (χ2v) is 3.66. The Hall–Kier alpha value is -1.29. The van der Waals surface area contributed by atoms with Gasteiger partial charge in [0, 0.05) is 5.69 Å². The van der Waals surface area contributed by atoms with Crippen molar-refractivity contribution < 1.29 is 4.74 Å². The second-order valence-electron chi connectivity index (χ2n) is 3.22. The molecule has 0 fully saturated rings. The topological polar surface area (TPSA) is 47.3 Å². The number of nitrogens with two attached hydrogens (primary N) is 1. The summed E-state index contributed by atoms with van der Waals surface area (Å²) >= 11 is 4.73. The molecule has 1 aromatic carbocycles. The molecule has 0 aliphatic carbocycles. The summed E-state index contributed by atoms with van der Waals surface area (Å²) in [5.74, 6) is 0.872. The monoisotopic (exact) mass is 224 g/mol. The molecule has 1 aromatic rings. The van der Waals surface area contributed by atoms with Gasteiger partial charge < -0.3 is 15.8 Å². The summed E-state index contributed by atoms with van der Waals surface area (Å²) in [7, 11) is 0. The van der Waals surface area contributed by atoms with Gasteiger partial charge in [-0.05, 0) is 42.9 Å². The number of unbranched alkanes of at least 4 members (excludes halogenated alkanes) is 1. The van der Waals surface area contributed by atoms with Crippen molar-refractivity contribution in [2.24, 2.45) is 5.73 Å². The third kappa shape index (κ3) is 4.65. The molecule has 0 heterocycles. The van der Waals surface area contributed by atoms with E-state index in [2.05, 4.69) is 12.2 Å². The Balaban J connectivity index is 2.45. The normalized spacial score (nSPS) is 9.67. The number of nitrogens with one attached hydrogen (secondary N) is 1. The van der Waals surface area contributed by atoms with Crippen LogP contribution in [0.4, 0.5) is 5.69 Å². The van der Waals surface area contributed by atoms with E-state index in [1.807, 2.05) is 24.3 Å². The number of anilines is 1. The minimum atomic E-state index is 0.273. The van der Waals surface area contributed by atoms with Gasteiger partial charge in [-0.25, -0.2) is 0 Å². The Bertz CT molecular complexity index is 311. The maximum Gasteiger partial charge on any atom is 0.168 e. The molecule has 3 N–H and O–H groups in total. The fourth-order valence-electron chi connectivity index (χ4n) is 1.11. The molecule has 0 aliphatic heterocycles. The minimum absolute atomic E-state index is 0.273. The van der Waals surface area contributed by atoms with Crippen molar-refractivity contribution in [3.8, 4) is 5.75 Å². The Labute approximate surface area is 95.6 Å². The average Bonchev–Trinajstić information content (AvgIpc) is 2.20. The molecule has 3 nitrogen and oxygen atoms in total. The van der Waals surface area contributed by atoms with E-state index in [9.17, 15) is 0 Å². The van der Waals surface area contributed by atoms with Crippen molar-refractivity contribution in [1.29, 1.82) is 0 Å². The quantitative estimate of drug-likeness (QED) is 0.596. The minimum Gasteiger partial charge on any atom is -0.494 e. The van der Waals surface area contributed by atoms with Gasteiger partial charge in [0.05, 0.1) is 6.61 Å². The van der Waals surface area contributed by atoms with Gasteiger partial charge in [-0.1, -0.05) is 13.3 Å². The predicted molar refractivity (Wildman–Crippen MR) is 67.3 cm³/mol. The number of ether oxygens (including phenoxy) is 1. The van der Waals surface area contributed by atoms with Crippen LogP contribution in [0.25, 0.3) is 0 Å². The molecule has 15 heavy (non-hydrogen) atoms. The summed E-state index contributed by atoms with van der Waals surface area (Å²) in [5, 5.41) is 3.13. The third-order valence-corrected chi connectivity index (χ3v) is 1.99. The van der Waals surface area contributed by atoms with Crippen LogP contribution in [0, 0.1) is 0 Å². The predicted octanol–water partition coefficient (Wildman–Crippen LogP) is 2.52. The number of thiocarbonyl (C=S) groups is 1. The van der Waals surface area contributed by atoms with E-state index < -0.39 is 0 Å². The molecule has 4 heteroatoms. The second kappa shape index (κ2) is 6.24. The van der Waals surface area contributed by atoms with Crippen molar-refractivity contribution in [3.05, 3.63) is 24.3 Å². The molecular formula is C11H16N2OS. The van der Waals surface area contributed by atoms with Gasteiger partial charge in [0.15, 0.2) is 5.11 Å². The van der Waals surface area contributed by atoms with Crippen LogP contribution in [-0.2, 0) is 0 Å². The highest BCUT2D eigenvalue weighted by Gasteiger charge is 1.95. The van der Waals surface area contributed by atoms with Crippen LogP contribution >= 0.6 is 12.2 Å². The average molecular weight is 224 g/mol. The van der Waals surface area contributed by atoms with E-state index in [4.69, 9.17) is 22.7 Å². The van der Waals surface area contributed by atoms with E-state index in [-0.39, 0.29) is 5.11 Å². The first-order valence-electron chi connectivity index (χ1n) is 5.01. The number of hydrogen-bond donors (Lipinski definition) is 2. The van der Waals surface area contributed by atoms with E-state index >= 15 is 0 Å². The van der Waals surface area contributed by atoms with Gasteiger partial charge in [-0.15, -0.1) is 0 Å². The van der Waals surface area contributed by atoms with E-state index in [1.54, 1.807) is 0 Å². The maximum absolute atomic E-state index is 5.51. The summed E-state index contributed by atoms with van der Waals surface area (Å²) in [4.78, 5) is 0. The largest absolute Gasteiger partial charge is 0.494 e. The first kappa shape index (κ1) is 11.8. The van der Waals surface area contributed by atoms with E-state index in [0.717, 1.165) is 30.9 Å². The zero-order valence-corrected chi connectivity index (χ0v) is 9.64. The fraction of sp³-hybridized carbons (Fsp3) is 0.364. The first-order chi connectivity index (χ1) is 7.22. The summed E-state index contributed by atoms with van der Waals surface area (Å²) in [6.45, 7) is 2.90. The fourth-order valence-corrected chi connectivity index (χ4v) is 1.23. The lowest BCUT2D eigenvalue weighted by Crippen LogP contribution is -2.18. The molecule has 0 bridgehead atoms. The van der Waals surface area contributed by atoms with Crippen molar-refractivity contribution in [1.82, 2.24) is 0 Å². The highest BCUT2D eigenvalue weighted by Crippen LogP contribution is 2.15. The first-order valence-corrected chi connectivity index (χ1v) is 5.42. The summed E-state index contributed by atoms with van der Waals surface area (Å²) < 4.78 is 5.51. The molecule has 82 valence electrons. The van der Waals surface area contributed by atoms with Crippen LogP contribution in [0.2, 0.25) is 0 Å². The molecule has 0 radical (unpaired) electrons. The Morgan fingerprint density at radius 3 is 2.60 bits per heavy atom. The SMILES string of the molecule is CCCCOc1ccc(NC(N)=S)cc1. The standard InChI is InChI=1S/C11H16N2OS/c1-2-3-8-14-10-6-4-9(5-7-10)13-11(12)15/h4-7H,2-3,8H2,1H3,(H3,12,13,15). The van der Waals surface area contributed by atoms with Crippen LogP contribution < -0.4 is 15.8 Å². The lowest BCUT2D eigenvalue weighted by molar-refractivity contribution is 0.309. The van der Waals surface area contributed by atoms with Crippen molar-refractivity contribution in [2.75, 3.05) is 11.9 Å². The Kier molecular flexibility index (Phi) is 4.90. The molecule has 0 saturated carbocycles. The zero-order chi connectivity index (χ0) is 11.1. The van der Waals surface area contributed by atoms with Crippen molar-refractivity contribution >= 4 is 23.0 Å². The molecule has 0 spiro atoms. The van der Waals surface area contributed by atoms with Gasteiger partial charge in [0.2, 0.25) is 0 Å². The van der Waals surface area contributed by atoms with Gasteiger partial charge in [0.25, 0.3) is 0 Å². The zero-order valence-electron chi connectivity index (χ0n) is 8.82. The molecule has 0 unspecified atom stereocenters. The van der Waals surface area contributed by atoms with Gasteiger partial charge in [-0.3, -0.25) is 0 Å². The van der Waals surface area contributed by atoms with Crippen LogP contribution in [0.1, 0.15) is 19.8 Å². The number of hydrogen-bond acceptors (Lipinski definition) is 2. The van der Waals surface area contributed by atoms with Crippen LogP contribution in [-0.4, -0.2) is 11.7 Å². The molecule has 1 rings (SSSR count). The highest BCUT2D eigenvalue weighted by atomic mass is 32.1. The maximum atomic E-state index is 5.51. The molecule has 0 aromatic heterocycles. The third-order valence-electron chi connectivity index (χ3n) is 1.89. The molecule has 0 saturated heterocycles. The van der Waals surface area contributed by atoms with Crippen molar-refractivity contribution in [3.63, 3.8) is 0 Å². The summed E-state index contributed by atoms with van der Waals surface area (Å²) in [5.41, 5.74) is 6.23. The van der Waals surface area contributed by atoms with Crippen LogP contribution in [0.15, 0.2) is 24.3 Å². The Morgan fingerprint density at radius 2 is 2.07 bits per heavy atom. The molecule has 0 atom stereocenters. The van der Waals surface area contributed by atoms with Crippen LogP contribution in [0.5, 0.6) is 5.75 Å². The van der Waals surface area contributed by atoms with Crippen molar-refractivity contribution in [2.45, 2.75) is 19.8 Å². The summed E-state index contributed by atoms with van der Waals surface area (Å²) in [6, 6.07) is 7.58. The van der Waals surface area contributed by atoms with Gasteiger partial charge >= 0.3 is 0 Å². The lowest BCUT2D eigenvalue weighted by Gasteiger charge is -2.07.